The van der Waals surface area contributed by atoms with E-state index in [9.17, 15) is 9.18 Å². The largest absolute Gasteiger partial charge is 0.457 e. The Labute approximate surface area is 76.5 Å². The Kier molecular flexibility index (Phi) is 3.89. The first kappa shape index (κ1) is 10.2. The van der Waals surface area contributed by atoms with E-state index < -0.39 is 11.8 Å². The Morgan fingerprint density at radius 1 is 1.46 bits per heavy atom. The Morgan fingerprint density at radius 2 is 2.23 bits per heavy atom. The van der Waals surface area contributed by atoms with Crippen molar-refractivity contribution in [3.63, 3.8) is 0 Å². The van der Waals surface area contributed by atoms with Crippen LogP contribution in [0.3, 0.4) is 0 Å². The van der Waals surface area contributed by atoms with Crippen molar-refractivity contribution in [1.29, 1.82) is 0 Å². The molecule has 1 saturated heterocycles. The Morgan fingerprint density at radius 3 is 2.92 bits per heavy atom. The molecule has 1 atom stereocenters. The maximum Gasteiger partial charge on any atom is 0.366 e. The van der Waals surface area contributed by atoms with E-state index in [1.54, 1.807) is 0 Å². The molecule has 13 heavy (non-hydrogen) atoms. The van der Waals surface area contributed by atoms with Crippen LogP contribution in [0.25, 0.3) is 0 Å². The van der Waals surface area contributed by atoms with Crippen LogP contribution in [0, 0.1) is 0 Å². The fraction of sp³-hybridized carbons (Fsp3) is 0.667. The number of hydrogen-bond acceptors (Lipinski definition) is 3. The van der Waals surface area contributed by atoms with E-state index in [0.717, 1.165) is 12.8 Å². The smallest absolute Gasteiger partial charge is 0.366 e. The van der Waals surface area contributed by atoms with Crippen LogP contribution in [0.15, 0.2) is 12.4 Å². The molecule has 0 amide bonds. The van der Waals surface area contributed by atoms with E-state index in [4.69, 9.17) is 9.47 Å². The van der Waals surface area contributed by atoms with Crippen molar-refractivity contribution in [2.24, 2.45) is 0 Å². The van der Waals surface area contributed by atoms with E-state index in [0.29, 0.717) is 19.6 Å². The molecule has 1 rings (SSSR count). The summed E-state index contributed by atoms with van der Waals surface area (Å²) in [5, 5.41) is 0. The second-order valence-corrected chi connectivity index (χ2v) is 2.98. The highest BCUT2D eigenvalue weighted by Gasteiger charge is 2.18. The molecule has 1 heterocycles. The zero-order valence-corrected chi connectivity index (χ0v) is 7.42. The molecule has 0 bridgehead atoms. The van der Waals surface area contributed by atoms with Crippen LogP contribution in [0.1, 0.15) is 19.3 Å². The molecule has 0 aromatic rings. The van der Waals surface area contributed by atoms with Crippen LogP contribution < -0.4 is 0 Å². The normalized spacial score (nSPS) is 23.3. The third kappa shape index (κ3) is 3.55. The van der Waals surface area contributed by atoms with Crippen molar-refractivity contribution in [1.82, 2.24) is 0 Å². The summed E-state index contributed by atoms with van der Waals surface area (Å²) in [4.78, 5) is 10.8. The van der Waals surface area contributed by atoms with Gasteiger partial charge in [-0.2, -0.15) is 4.39 Å². The standard InChI is InChI=1S/C9H13FO3/c1-7(10)9(11)13-8-3-2-5-12-6-4-8/h8H,1-6H2. The molecule has 74 valence electrons. The number of carbonyl (C=O) groups is 1. The average Bonchev–Trinajstić information content (AvgIpc) is 2.32. The van der Waals surface area contributed by atoms with E-state index in [-0.39, 0.29) is 6.10 Å². The number of halogens is 1. The summed E-state index contributed by atoms with van der Waals surface area (Å²) in [5.74, 6) is -1.99. The second-order valence-electron chi connectivity index (χ2n) is 2.98. The van der Waals surface area contributed by atoms with Crippen molar-refractivity contribution in [3.8, 4) is 0 Å². The number of esters is 1. The highest BCUT2D eigenvalue weighted by molar-refractivity contribution is 5.85. The lowest BCUT2D eigenvalue weighted by Crippen LogP contribution is -2.18. The minimum Gasteiger partial charge on any atom is -0.457 e. The van der Waals surface area contributed by atoms with Crippen LogP contribution >= 0.6 is 0 Å². The first-order chi connectivity index (χ1) is 6.20. The number of rotatable bonds is 2. The summed E-state index contributed by atoms with van der Waals surface area (Å²) in [6.45, 7) is 4.12. The molecule has 1 aliphatic heterocycles. The third-order valence-corrected chi connectivity index (χ3v) is 1.89. The molecule has 0 aliphatic carbocycles. The molecular formula is C9H13FO3. The maximum absolute atomic E-state index is 12.3. The van der Waals surface area contributed by atoms with Crippen LogP contribution in [-0.2, 0) is 14.3 Å². The molecule has 4 heteroatoms. The molecule has 3 nitrogen and oxygen atoms in total. The van der Waals surface area contributed by atoms with Gasteiger partial charge in [-0.25, -0.2) is 4.79 Å². The Bertz CT molecular complexity index is 195. The van der Waals surface area contributed by atoms with Gasteiger partial charge < -0.3 is 9.47 Å². The lowest BCUT2D eigenvalue weighted by atomic mass is 10.2. The van der Waals surface area contributed by atoms with E-state index in [1.807, 2.05) is 0 Å². The molecule has 0 spiro atoms. The van der Waals surface area contributed by atoms with E-state index in [1.165, 1.54) is 0 Å². The van der Waals surface area contributed by atoms with E-state index in [2.05, 4.69) is 6.58 Å². The summed E-state index contributed by atoms with van der Waals surface area (Å²) in [5.41, 5.74) is 0. The summed E-state index contributed by atoms with van der Waals surface area (Å²) in [7, 11) is 0. The van der Waals surface area contributed by atoms with Crippen molar-refractivity contribution in [3.05, 3.63) is 12.4 Å². The monoisotopic (exact) mass is 188 g/mol. The zero-order valence-electron chi connectivity index (χ0n) is 7.42. The second kappa shape index (κ2) is 4.97. The topological polar surface area (TPSA) is 35.5 Å². The number of carbonyl (C=O) groups excluding carboxylic acids is 1. The maximum atomic E-state index is 12.3. The molecule has 1 fully saturated rings. The summed E-state index contributed by atoms with van der Waals surface area (Å²) >= 11 is 0. The van der Waals surface area contributed by atoms with Crippen LogP contribution in [-0.4, -0.2) is 25.3 Å². The van der Waals surface area contributed by atoms with Crippen molar-refractivity contribution in [2.45, 2.75) is 25.4 Å². The summed E-state index contributed by atoms with van der Waals surface area (Å²) in [6, 6.07) is 0. The van der Waals surface area contributed by atoms with Gasteiger partial charge in [0.1, 0.15) is 6.10 Å². The average molecular weight is 188 g/mol. The quantitative estimate of drug-likeness (QED) is 0.487. The van der Waals surface area contributed by atoms with Gasteiger partial charge in [0.15, 0.2) is 0 Å². The zero-order chi connectivity index (χ0) is 9.68. The van der Waals surface area contributed by atoms with Gasteiger partial charge in [-0.1, -0.05) is 6.58 Å². The molecule has 0 aromatic heterocycles. The van der Waals surface area contributed by atoms with Crippen LogP contribution in [0.5, 0.6) is 0 Å². The minimum absolute atomic E-state index is 0.220. The van der Waals surface area contributed by atoms with Crippen LogP contribution in [0.4, 0.5) is 4.39 Å². The first-order valence-electron chi connectivity index (χ1n) is 4.33. The van der Waals surface area contributed by atoms with Gasteiger partial charge in [-0.3, -0.25) is 0 Å². The molecule has 0 saturated carbocycles. The lowest BCUT2D eigenvalue weighted by molar-refractivity contribution is -0.146. The minimum atomic E-state index is -1.04. The molecule has 1 aliphatic rings. The summed E-state index contributed by atoms with van der Waals surface area (Å²) in [6.07, 6.45) is 2.00. The van der Waals surface area contributed by atoms with Gasteiger partial charge in [0.05, 0.1) is 6.61 Å². The van der Waals surface area contributed by atoms with Gasteiger partial charge in [-0.15, -0.1) is 0 Å². The Hall–Kier alpha value is -0.900. The number of hydrogen-bond donors (Lipinski definition) is 0. The predicted molar refractivity (Wildman–Crippen MR) is 44.8 cm³/mol. The number of ether oxygens (including phenoxy) is 2. The van der Waals surface area contributed by atoms with Gasteiger partial charge in [0.25, 0.3) is 0 Å². The SMILES string of the molecule is C=C(F)C(=O)OC1CCCOCC1. The molecular weight excluding hydrogens is 175 g/mol. The van der Waals surface area contributed by atoms with Gasteiger partial charge in [-0.05, 0) is 12.8 Å². The highest BCUT2D eigenvalue weighted by Crippen LogP contribution is 2.13. The van der Waals surface area contributed by atoms with Crippen molar-refractivity contribution >= 4 is 5.97 Å². The Balaban J connectivity index is 2.33. The van der Waals surface area contributed by atoms with E-state index >= 15 is 0 Å². The van der Waals surface area contributed by atoms with Crippen molar-refractivity contribution in [2.75, 3.05) is 13.2 Å². The molecule has 0 radical (unpaired) electrons. The van der Waals surface area contributed by atoms with Gasteiger partial charge >= 0.3 is 5.97 Å². The fourth-order valence-electron chi connectivity index (χ4n) is 1.21. The fourth-order valence-corrected chi connectivity index (χ4v) is 1.21. The summed E-state index contributed by atoms with van der Waals surface area (Å²) < 4.78 is 22.2. The lowest BCUT2D eigenvalue weighted by Gasteiger charge is -2.13. The predicted octanol–water partition coefficient (Wildman–Crippen LogP) is 1.58. The third-order valence-electron chi connectivity index (χ3n) is 1.89. The van der Waals surface area contributed by atoms with Crippen LogP contribution in [0.2, 0.25) is 0 Å². The molecule has 1 unspecified atom stereocenters. The van der Waals surface area contributed by atoms with Gasteiger partial charge in [0.2, 0.25) is 5.83 Å². The van der Waals surface area contributed by atoms with Crippen molar-refractivity contribution < 1.29 is 18.7 Å². The first-order valence-corrected chi connectivity index (χ1v) is 4.33. The van der Waals surface area contributed by atoms with Gasteiger partial charge in [0, 0.05) is 13.0 Å². The highest BCUT2D eigenvalue weighted by atomic mass is 19.1. The molecule has 0 N–H and O–H groups in total. The molecule has 0 aromatic carbocycles.